The molecular formula is C13H19N3O3. The van der Waals surface area contributed by atoms with Crippen LogP contribution in [0.5, 0.6) is 0 Å². The summed E-state index contributed by atoms with van der Waals surface area (Å²) in [5, 5.41) is 2.68. The maximum Gasteiger partial charge on any atom is 0.325 e. The third-order valence-corrected chi connectivity index (χ3v) is 2.63. The van der Waals surface area contributed by atoms with Crippen molar-refractivity contribution in [2.75, 3.05) is 26.0 Å². The summed E-state index contributed by atoms with van der Waals surface area (Å²) in [5.74, 6) is -0.468. The van der Waals surface area contributed by atoms with E-state index < -0.39 is 5.97 Å². The minimum Gasteiger partial charge on any atom is -0.468 e. The number of carbonyl (C=O) groups is 2. The van der Waals surface area contributed by atoms with Crippen LogP contribution in [-0.4, -0.2) is 37.6 Å². The van der Waals surface area contributed by atoms with Crippen LogP contribution < -0.4 is 11.1 Å². The lowest BCUT2D eigenvalue weighted by molar-refractivity contribution is -0.140. The molecule has 0 spiro atoms. The van der Waals surface area contributed by atoms with Gasteiger partial charge in [0.1, 0.15) is 6.54 Å². The summed E-state index contributed by atoms with van der Waals surface area (Å²) < 4.78 is 4.49. The van der Waals surface area contributed by atoms with Crippen molar-refractivity contribution in [3.8, 4) is 0 Å². The first-order valence-corrected chi connectivity index (χ1v) is 5.88. The minimum absolute atomic E-state index is 0.0493. The maximum atomic E-state index is 11.8. The normalized spacial score (nSPS) is 11.6. The van der Waals surface area contributed by atoms with Crippen molar-refractivity contribution in [1.29, 1.82) is 0 Å². The number of carbonyl (C=O) groups excluding carboxylic acids is 2. The van der Waals surface area contributed by atoms with Crippen molar-refractivity contribution in [2.24, 2.45) is 5.73 Å². The van der Waals surface area contributed by atoms with E-state index in [0.717, 1.165) is 5.56 Å². The number of methoxy groups -OCH3 is 1. The van der Waals surface area contributed by atoms with Gasteiger partial charge in [0, 0.05) is 18.8 Å². The molecule has 1 atom stereocenters. The summed E-state index contributed by atoms with van der Waals surface area (Å²) in [4.78, 5) is 24.0. The molecule has 0 aliphatic heterocycles. The monoisotopic (exact) mass is 265 g/mol. The van der Waals surface area contributed by atoms with E-state index in [-0.39, 0.29) is 18.6 Å². The van der Waals surface area contributed by atoms with Gasteiger partial charge in [-0.2, -0.15) is 0 Å². The van der Waals surface area contributed by atoms with Gasteiger partial charge in [0.05, 0.1) is 7.11 Å². The van der Waals surface area contributed by atoms with Crippen molar-refractivity contribution in [3.05, 3.63) is 29.8 Å². The van der Waals surface area contributed by atoms with Crippen molar-refractivity contribution in [2.45, 2.75) is 13.0 Å². The molecule has 6 heteroatoms. The van der Waals surface area contributed by atoms with Gasteiger partial charge in [-0.3, -0.25) is 4.79 Å². The molecule has 0 saturated heterocycles. The third-order valence-electron chi connectivity index (χ3n) is 2.63. The highest BCUT2D eigenvalue weighted by Gasteiger charge is 2.13. The van der Waals surface area contributed by atoms with Gasteiger partial charge >= 0.3 is 12.0 Å². The van der Waals surface area contributed by atoms with Crippen LogP contribution in [-0.2, 0) is 9.53 Å². The fourth-order valence-corrected chi connectivity index (χ4v) is 1.42. The Morgan fingerprint density at radius 1 is 1.37 bits per heavy atom. The summed E-state index contributed by atoms with van der Waals surface area (Å²) in [6, 6.07) is 6.80. The molecule has 2 amide bonds. The van der Waals surface area contributed by atoms with E-state index in [1.807, 2.05) is 19.1 Å². The van der Waals surface area contributed by atoms with Gasteiger partial charge in [-0.05, 0) is 24.6 Å². The van der Waals surface area contributed by atoms with Crippen LogP contribution in [0, 0.1) is 0 Å². The molecule has 0 aliphatic rings. The summed E-state index contributed by atoms with van der Waals surface area (Å²) in [6.07, 6.45) is 0. The van der Waals surface area contributed by atoms with E-state index in [0.29, 0.717) is 5.69 Å². The molecule has 0 aromatic heterocycles. The highest BCUT2D eigenvalue weighted by molar-refractivity contribution is 5.91. The Morgan fingerprint density at radius 3 is 2.42 bits per heavy atom. The van der Waals surface area contributed by atoms with Crippen LogP contribution in [0.2, 0.25) is 0 Å². The third kappa shape index (κ3) is 4.59. The zero-order valence-electron chi connectivity index (χ0n) is 11.3. The number of nitrogens with two attached hydrogens (primary N) is 1. The Bertz CT molecular complexity index is 443. The molecule has 104 valence electrons. The standard InChI is InChI=1S/C13H19N3O3/c1-9(14)10-4-6-11(7-5-10)15-13(18)16(2)8-12(17)19-3/h4-7,9H,8,14H2,1-3H3,(H,15,18). The second kappa shape index (κ2) is 6.75. The van der Waals surface area contributed by atoms with Crippen LogP contribution in [0.3, 0.4) is 0 Å². The van der Waals surface area contributed by atoms with Crippen molar-refractivity contribution < 1.29 is 14.3 Å². The fourth-order valence-electron chi connectivity index (χ4n) is 1.42. The predicted octanol–water partition coefficient (Wildman–Crippen LogP) is 1.34. The Kier molecular flexibility index (Phi) is 5.32. The molecule has 1 unspecified atom stereocenters. The van der Waals surface area contributed by atoms with Crippen molar-refractivity contribution in [1.82, 2.24) is 4.90 Å². The molecule has 0 saturated carbocycles. The zero-order chi connectivity index (χ0) is 14.4. The molecular weight excluding hydrogens is 246 g/mol. The number of rotatable bonds is 4. The molecule has 0 fully saturated rings. The molecule has 0 heterocycles. The van der Waals surface area contributed by atoms with E-state index in [2.05, 4.69) is 10.1 Å². The van der Waals surface area contributed by atoms with Gasteiger partial charge in [-0.15, -0.1) is 0 Å². The maximum absolute atomic E-state index is 11.8. The number of amides is 2. The molecule has 0 aliphatic carbocycles. The number of ether oxygens (including phenoxy) is 1. The van der Waals surface area contributed by atoms with E-state index in [9.17, 15) is 9.59 Å². The first-order valence-electron chi connectivity index (χ1n) is 5.88. The SMILES string of the molecule is COC(=O)CN(C)C(=O)Nc1ccc(C(C)N)cc1. The van der Waals surface area contributed by atoms with Gasteiger partial charge in [-0.1, -0.05) is 12.1 Å². The molecule has 3 N–H and O–H groups in total. The topological polar surface area (TPSA) is 84.7 Å². The number of nitrogens with zero attached hydrogens (tertiary/aromatic N) is 1. The number of anilines is 1. The Balaban J connectivity index is 2.59. The van der Waals surface area contributed by atoms with Gasteiger partial charge in [0.15, 0.2) is 0 Å². The molecule has 0 bridgehead atoms. The number of hydrogen-bond donors (Lipinski definition) is 2. The second-order valence-corrected chi connectivity index (χ2v) is 4.27. The lowest BCUT2D eigenvalue weighted by atomic mass is 10.1. The van der Waals surface area contributed by atoms with E-state index in [1.54, 1.807) is 12.1 Å². The van der Waals surface area contributed by atoms with E-state index in [1.165, 1.54) is 19.1 Å². The lowest BCUT2D eigenvalue weighted by Crippen LogP contribution is -2.35. The number of benzene rings is 1. The van der Waals surface area contributed by atoms with Crippen LogP contribution >= 0.6 is 0 Å². The quantitative estimate of drug-likeness (QED) is 0.805. The first kappa shape index (κ1) is 15.0. The molecule has 1 aromatic rings. The highest BCUT2D eigenvalue weighted by Crippen LogP contribution is 2.14. The van der Waals surface area contributed by atoms with Crippen LogP contribution in [0.25, 0.3) is 0 Å². The molecule has 1 aromatic carbocycles. The van der Waals surface area contributed by atoms with Crippen molar-refractivity contribution >= 4 is 17.7 Å². The predicted molar refractivity (Wildman–Crippen MR) is 72.7 cm³/mol. The van der Waals surface area contributed by atoms with Crippen LogP contribution in [0.1, 0.15) is 18.5 Å². The molecule has 6 nitrogen and oxygen atoms in total. The van der Waals surface area contributed by atoms with E-state index >= 15 is 0 Å². The largest absolute Gasteiger partial charge is 0.468 e. The number of nitrogens with one attached hydrogen (secondary N) is 1. The molecule has 0 radical (unpaired) electrons. The highest BCUT2D eigenvalue weighted by atomic mass is 16.5. The number of urea groups is 1. The Labute approximate surface area is 112 Å². The van der Waals surface area contributed by atoms with Crippen molar-refractivity contribution in [3.63, 3.8) is 0 Å². The second-order valence-electron chi connectivity index (χ2n) is 4.27. The summed E-state index contributed by atoms with van der Waals surface area (Å²) in [6.45, 7) is 1.79. The average molecular weight is 265 g/mol. The molecule has 19 heavy (non-hydrogen) atoms. The van der Waals surface area contributed by atoms with Gasteiger partial charge in [0.2, 0.25) is 0 Å². The number of esters is 1. The van der Waals surface area contributed by atoms with Crippen LogP contribution in [0.15, 0.2) is 24.3 Å². The lowest BCUT2D eigenvalue weighted by Gasteiger charge is -2.16. The van der Waals surface area contributed by atoms with E-state index in [4.69, 9.17) is 5.73 Å². The van der Waals surface area contributed by atoms with Crippen LogP contribution in [0.4, 0.5) is 10.5 Å². The summed E-state index contributed by atoms with van der Waals surface area (Å²) >= 11 is 0. The fraction of sp³-hybridized carbons (Fsp3) is 0.385. The molecule has 1 rings (SSSR count). The minimum atomic E-state index is -0.468. The average Bonchev–Trinajstić information content (AvgIpc) is 2.38. The number of likely N-dealkylation sites (N-methyl/N-ethyl adjacent to an activating group) is 1. The Hall–Kier alpha value is -2.08. The smallest absolute Gasteiger partial charge is 0.325 e. The van der Waals surface area contributed by atoms with Gasteiger partial charge < -0.3 is 20.7 Å². The van der Waals surface area contributed by atoms with Gasteiger partial charge in [0.25, 0.3) is 0 Å². The van der Waals surface area contributed by atoms with Gasteiger partial charge in [-0.25, -0.2) is 4.79 Å². The Morgan fingerprint density at radius 2 is 1.95 bits per heavy atom. The summed E-state index contributed by atoms with van der Waals surface area (Å²) in [5.41, 5.74) is 7.37. The first-order chi connectivity index (χ1) is 8.93. The zero-order valence-corrected chi connectivity index (χ0v) is 11.3. The number of hydrogen-bond acceptors (Lipinski definition) is 4. The summed E-state index contributed by atoms with van der Waals surface area (Å²) in [7, 11) is 2.80.